The first-order chi connectivity index (χ1) is 9.31. The fourth-order valence-electron chi connectivity index (χ4n) is 1.42. The normalized spacial score (nSPS) is 15.2. The predicted molar refractivity (Wildman–Crippen MR) is 84.5 cm³/mol. The summed E-state index contributed by atoms with van der Waals surface area (Å²) < 4.78 is 32.7. The van der Waals surface area contributed by atoms with E-state index in [4.69, 9.17) is 4.42 Å². The highest BCUT2D eigenvalue weighted by atomic mass is 32.2. The van der Waals surface area contributed by atoms with Crippen molar-refractivity contribution in [2.45, 2.75) is 71.7 Å². The van der Waals surface area contributed by atoms with E-state index in [1.165, 1.54) is 6.07 Å². The number of nitrogens with one attached hydrogen (secondary N) is 2. The molecule has 0 amide bonds. The van der Waals surface area contributed by atoms with Crippen LogP contribution in [-0.4, -0.2) is 20.0 Å². The Morgan fingerprint density at radius 2 is 1.71 bits per heavy atom. The van der Waals surface area contributed by atoms with Crippen LogP contribution in [0.25, 0.3) is 0 Å². The summed E-state index contributed by atoms with van der Waals surface area (Å²) >= 11 is 0. The lowest BCUT2D eigenvalue weighted by atomic mass is 9.89. The van der Waals surface area contributed by atoms with Gasteiger partial charge in [0, 0.05) is 11.6 Å². The molecule has 0 saturated heterocycles. The first kappa shape index (κ1) is 18.2. The molecule has 1 unspecified atom stereocenters. The molecule has 1 heterocycles. The van der Waals surface area contributed by atoms with Crippen molar-refractivity contribution in [3.05, 3.63) is 17.9 Å². The van der Waals surface area contributed by atoms with Gasteiger partial charge in [-0.1, -0.05) is 20.8 Å². The van der Waals surface area contributed by atoms with E-state index in [1.807, 2.05) is 48.5 Å². The lowest BCUT2D eigenvalue weighted by Crippen LogP contribution is -2.41. The van der Waals surface area contributed by atoms with Crippen molar-refractivity contribution in [3.63, 3.8) is 0 Å². The summed E-state index contributed by atoms with van der Waals surface area (Å²) in [4.78, 5) is 0. The Balaban J connectivity index is 2.79. The largest absolute Gasteiger partial charge is 0.447 e. The fourth-order valence-corrected chi connectivity index (χ4v) is 2.82. The van der Waals surface area contributed by atoms with Crippen molar-refractivity contribution < 1.29 is 12.8 Å². The SMILES string of the molecule is CC(NS(=O)(=O)c1ccc(CNC(C)(C)C)o1)C(C)(C)C. The van der Waals surface area contributed by atoms with Crippen molar-refractivity contribution in [2.24, 2.45) is 5.41 Å². The minimum atomic E-state index is -3.62. The van der Waals surface area contributed by atoms with Gasteiger partial charge in [-0.25, -0.2) is 13.1 Å². The number of hydrogen-bond acceptors (Lipinski definition) is 4. The average molecular weight is 316 g/mol. The Morgan fingerprint density at radius 1 is 1.14 bits per heavy atom. The van der Waals surface area contributed by atoms with Crippen LogP contribution in [0.2, 0.25) is 0 Å². The molecule has 6 heteroatoms. The molecule has 0 radical (unpaired) electrons. The second-order valence-corrected chi connectivity index (χ2v) is 9.18. The monoisotopic (exact) mass is 316 g/mol. The molecule has 0 spiro atoms. The van der Waals surface area contributed by atoms with Crippen LogP contribution in [-0.2, 0) is 16.6 Å². The molecule has 0 fully saturated rings. The molecule has 1 rings (SSSR count). The van der Waals surface area contributed by atoms with E-state index in [9.17, 15) is 8.42 Å². The topological polar surface area (TPSA) is 71.3 Å². The molecular formula is C15H28N2O3S. The van der Waals surface area contributed by atoms with Gasteiger partial charge in [0.25, 0.3) is 10.0 Å². The van der Waals surface area contributed by atoms with Gasteiger partial charge in [-0.3, -0.25) is 0 Å². The Labute approximate surface area is 128 Å². The molecule has 1 aromatic heterocycles. The molecule has 1 aromatic rings. The van der Waals surface area contributed by atoms with Crippen LogP contribution in [0, 0.1) is 5.41 Å². The molecule has 0 aromatic carbocycles. The second kappa shape index (κ2) is 6.10. The molecule has 0 aliphatic heterocycles. The maximum Gasteiger partial charge on any atom is 0.274 e. The van der Waals surface area contributed by atoms with Crippen LogP contribution in [0.4, 0.5) is 0 Å². The van der Waals surface area contributed by atoms with Crippen LogP contribution in [0.1, 0.15) is 54.2 Å². The summed E-state index contributed by atoms with van der Waals surface area (Å²) in [6.07, 6.45) is 0. The predicted octanol–water partition coefficient (Wildman–Crippen LogP) is 2.88. The summed E-state index contributed by atoms with van der Waals surface area (Å²) in [6, 6.07) is 3.00. The van der Waals surface area contributed by atoms with Gasteiger partial charge in [-0.15, -0.1) is 0 Å². The maximum absolute atomic E-state index is 12.3. The second-order valence-electron chi connectivity index (χ2n) is 7.53. The van der Waals surface area contributed by atoms with E-state index in [0.717, 1.165) is 0 Å². The van der Waals surface area contributed by atoms with Gasteiger partial charge in [0.05, 0.1) is 6.54 Å². The van der Waals surface area contributed by atoms with Gasteiger partial charge >= 0.3 is 0 Å². The minimum Gasteiger partial charge on any atom is -0.447 e. The Morgan fingerprint density at radius 3 is 2.19 bits per heavy atom. The third-order valence-electron chi connectivity index (χ3n) is 3.33. The zero-order valence-electron chi connectivity index (χ0n) is 14.1. The summed E-state index contributed by atoms with van der Waals surface area (Å²) in [5.41, 5.74) is -0.207. The molecule has 1 atom stereocenters. The fraction of sp³-hybridized carbons (Fsp3) is 0.733. The van der Waals surface area contributed by atoms with Crippen LogP contribution in [0.5, 0.6) is 0 Å². The highest BCUT2D eigenvalue weighted by Gasteiger charge is 2.27. The van der Waals surface area contributed by atoms with Crippen LogP contribution < -0.4 is 10.0 Å². The molecule has 2 N–H and O–H groups in total. The van der Waals surface area contributed by atoms with Crippen LogP contribution >= 0.6 is 0 Å². The van der Waals surface area contributed by atoms with Gasteiger partial charge in [0.15, 0.2) is 0 Å². The summed E-state index contributed by atoms with van der Waals surface area (Å²) in [5, 5.41) is 3.22. The average Bonchev–Trinajstić information content (AvgIpc) is 2.72. The van der Waals surface area contributed by atoms with Crippen molar-refractivity contribution in [2.75, 3.05) is 0 Å². The first-order valence-electron chi connectivity index (χ1n) is 7.17. The standard InChI is InChI=1S/C15H28N2O3S/c1-11(14(2,3)4)17-21(18,19)13-9-8-12(20-13)10-16-15(5,6)7/h8-9,11,16-17H,10H2,1-7H3. The van der Waals surface area contributed by atoms with Crippen LogP contribution in [0.15, 0.2) is 21.6 Å². The molecule has 0 aliphatic rings. The Hall–Kier alpha value is -0.850. The summed E-state index contributed by atoms with van der Waals surface area (Å²) in [7, 11) is -3.62. The number of hydrogen-bond donors (Lipinski definition) is 2. The minimum absolute atomic E-state index is 0.0377. The summed E-state index contributed by atoms with van der Waals surface area (Å²) in [5.74, 6) is 0.605. The third-order valence-corrected chi connectivity index (χ3v) is 4.74. The molecule has 21 heavy (non-hydrogen) atoms. The molecular weight excluding hydrogens is 288 g/mol. The number of sulfonamides is 1. The molecule has 0 aliphatic carbocycles. The van der Waals surface area contributed by atoms with Gasteiger partial charge in [-0.2, -0.15) is 0 Å². The van der Waals surface area contributed by atoms with Crippen molar-refractivity contribution in [3.8, 4) is 0 Å². The number of furan rings is 1. The van der Waals surface area contributed by atoms with Gasteiger partial charge in [0.1, 0.15) is 5.76 Å². The quantitative estimate of drug-likeness (QED) is 0.876. The van der Waals surface area contributed by atoms with E-state index >= 15 is 0 Å². The third kappa shape index (κ3) is 5.80. The van der Waals surface area contributed by atoms with Crippen molar-refractivity contribution >= 4 is 10.0 Å². The molecule has 0 bridgehead atoms. The molecule has 122 valence electrons. The number of rotatable bonds is 5. The lowest BCUT2D eigenvalue weighted by molar-refractivity contribution is 0.313. The molecule has 0 saturated carbocycles. The van der Waals surface area contributed by atoms with E-state index < -0.39 is 10.0 Å². The van der Waals surface area contributed by atoms with Gasteiger partial charge in [0.2, 0.25) is 5.09 Å². The highest BCUT2D eigenvalue weighted by Crippen LogP contribution is 2.22. The first-order valence-corrected chi connectivity index (χ1v) is 8.66. The smallest absolute Gasteiger partial charge is 0.274 e. The Kier molecular flexibility index (Phi) is 5.29. The van der Waals surface area contributed by atoms with E-state index in [-0.39, 0.29) is 22.1 Å². The zero-order chi connectivity index (χ0) is 16.5. The van der Waals surface area contributed by atoms with Gasteiger partial charge < -0.3 is 9.73 Å². The van der Waals surface area contributed by atoms with Gasteiger partial charge in [-0.05, 0) is 45.2 Å². The lowest BCUT2D eigenvalue weighted by Gasteiger charge is -2.27. The van der Waals surface area contributed by atoms with E-state index in [2.05, 4.69) is 10.0 Å². The molecule has 5 nitrogen and oxygen atoms in total. The highest BCUT2D eigenvalue weighted by molar-refractivity contribution is 7.89. The summed E-state index contributed by atoms with van der Waals surface area (Å²) in [6.45, 7) is 14.4. The van der Waals surface area contributed by atoms with Crippen molar-refractivity contribution in [1.29, 1.82) is 0 Å². The van der Waals surface area contributed by atoms with E-state index in [1.54, 1.807) is 6.07 Å². The zero-order valence-corrected chi connectivity index (χ0v) is 14.9. The van der Waals surface area contributed by atoms with Crippen molar-refractivity contribution in [1.82, 2.24) is 10.0 Å². The maximum atomic E-state index is 12.3. The van der Waals surface area contributed by atoms with E-state index in [0.29, 0.717) is 12.3 Å². The Bertz CT molecular complexity index is 562. The van der Waals surface area contributed by atoms with Crippen LogP contribution in [0.3, 0.4) is 0 Å².